The van der Waals surface area contributed by atoms with Gasteiger partial charge < -0.3 is 4.90 Å². The smallest absolute Gasteiger partial charge is 0.243 e. The van der Waals surface area contributed by atoms with Crippen LogP contribution < -0.4 is 0 Å². The molecule has 1 amide bonds. The third-order valence-corrected chi connectivity index (χ3v) is 6.13. The Morgan fingerprint density at radius 3 is 2.91 bits per heavy atom. The van der Waals surface area contributed by atoms with Crippen molar-refractivity contribution in [3.05, 3.63) is 16.1 Å². The second-order valence-corrected chi connectivity index (χ2v) is 7.41. The minimum Gasteiger partial charge on any atom is -0.341 e. The largest absolute Gasteiger partial charge is 0.341 e. The first-order valence-electron chi connectivity index (χ1n) is 8.33. The molecule has 0 unspecified atom stereocenters. The first kappa shape index (κ1) is 15.5. The summed E-state index contributed by atoms with van der Waals surface area (Å²) in [5.41, 5.74) is 0.409. The number of nitriles is 1. The van der Waals surface area contributed by atoms with Gasteiger partial charge in [0.1, 0.15) is 5.41 Å². The number of amides is 1. The van der Waals surface area contributed by atoms with Gasteiger partial charge in [0.05, 0.1) is 16.8 Å². The molecule has 0 N–H and O–H groups in total. The van der Waals surface area contributed by atoms with Gasteiger partial charge in [0.25, 0.3) is 0 Å². The van der Waals surface area contributed by atoms with Gasteiger partial charge in [-0.05, 0) is 32.1 Å². The summed E-state index contributed by atoms with van der Waals surface area (Å²) in [6.07, 6.45) is 6.55. The third-order valence-electron chi connectivity index (χ3n) is 5.07. The van der Waals surface area contributed by atoms with Gasteiger partial charge in [0.2, 0.25) is 5.91 Å². The molecule has 2 aliphatic rings. The van der Waals surface area contributed by atoms with E-state index in [0.29, 0.717) is 5.92 Å². The van der Waals surface area contributed by atoms with Gasteiger partial charge >= 0.3 is 0 Å². The molecule has 1 aromatic rings. The Labute approximate surface area is 136 Å². The molecule has 2 heterocycles. The second-order valence-electron chi connectivity index (χ2n) is 6.52. The molecule has 1 aromatic heterocycles. The molecule has 2 fully saturated rings. The molecule has 1 atom stereocenters. The number of hydrogen-bond donors (Lipinski definition) is 0. The number of thiazole rings is 1. The summed E-state index contributed by atoms with van der Waals surface area (Å²) < 4.78 is 0. The van der Waals surface area contributed by atoms with Crippen LogP contribution in [0.2, 0.25) is 0 Å². The number of carbonyl (C=O) groups is 1. The highest BCUT2D eigenvalue weighted by Gasteiger charge is 2.45. The van der Waals surface area contributed by atoms with E-state index in [-0.39, 0.29) is 5.91 Å². The lowest BCUT2D eigenvalue weighted by Crippen LogP contribution is -2.46. The zero-order valence-corrected chi connectivity index (χ0v) is 14.0. The van der Waals surface area contributed by atoms with Crippen LogP contribution >= 0.6 is 11.3 Å². The minimum atomic E-state index is -0.737. The van der Waals surface area contributed by atoms with Gasteiger partial charge in [-0.2, -0.15) is 5.26 Å². The molecule has 4 nitrogen and oxygen atoms in total. The average molecular weight is 317 g/mol. The summed E-state index contributed by atoms with van der Waals surface area (Å²) in [5, 5.41) is 12.8. The van der Waals surface area contributed by atoms with Crippen LogP contribution in [0.3, 0.4) is 0 Å². The summed E-state index contributed by atoms with van der Waals surface area (Å²) in [6, 6.07) is 2.34. The number of aromatic nitrogens is 1. The Balaban J connectivity index is 1.72. The van der Waals surface area contributed by atoms with Gasteiger partial charge in [-0.3, -0.25) is 4.79 Å². The monoisotopic (exact) mass is 317 g/mol. The first-order chi connectivity index (χ1) is 10.7. The van der Waals surface area contributed by atoms with E-state index in [2.05, 4.69) is 18.4 Å². The molecule has 0 radical (unpaired) electrons. The number of likely N-dealkylation sites (tertiary alicyclic amines) is 1. The Morgan fingerprint density at radius 1 is 1.50 bits per heavy atom. The van der Waals surface area contributed by atoms with Crippen molar-refractivity contribution in [2.45, 2.75) is 57.8 Å². The van der Waals surface area contributed by atoms with Gasteiger partial charge in [0, 0.05) is 24.4 Å². The molecule has 1 saturated carbocycles. The Kier molecular flexibility index (Phi) is 4.49. The van der Waals surface area contributed by atoms with E-state index in [9.17, 15) is 10.1 Å². The maximum atomic E-state index is 12.9. The Morgan fingerprint density at radius 2 is 2.27 bits per heavy atom. The number of piperidine rings is 1. The molecule has 1 aliphatic carbocycles. The fourth-order valence-corrected chi connectivity index (χ4v) is 4.72. The highest BCUT2D eigenvalue weighted by Crippen LogP contribution is 2.40. The van der Waals surface area contributed by atoms with Crippen LogP contribution in [0.4, 0.5) is 0 Å². The molecule has 22 heavy (non-hydrogen) atoms. The predicted molar refractivity (Wildman–Crippen MR) is 86.6 cm³/mol. The number of nitrogens with zero attached hydrogens (tertiary/aromatic N) is 3. The van der Waals surface area contributed by atoms with Gasteiger partial charge in [-0.15, -0.1) is 11.3 Å². The predicted octanol–water partition coefficient (Wildman–Crippen LogP) is 3.50. The Bertz CT molecular complexity index is 583. The maximum Gasteiger partial charge on any atom is 0.243 e. The topological polar surface area (TPSA) is 57.0 Å². The molecule has 1 aliphatic heterocycles. The van der Waals surface area contributed by atoms with Crippen LogP contribution in [0.5, 0.6) is 0 Å². The van der Waals surface area contributed by atoms with E-state index in [4.69, 9.17) is 4.98 Å². The van der Waals surface area contributed by atoms with Gasteiger partial charge in [-0.1, -0.05) is 19.8 Å². The highest BCUT2D eigenvalue weighted by atomic mass is 32.1. The van der Waals surface area contributed by atoms with Crippen molar-refractivity contribution in [3.63, 3.8) is 0 Å². The lowest BCUT2D eigenvalue weighted by molar-refractivity contribution is -0.140. The van der Waals surface area contributed by atoms with Crippen molar-refractivity contribution in [3.8, 4) is 6.07 Å². The summed E-state index contributed by atoms with van der Waals surface area (Å²) in [7, 11) is 0. The van der Waals surface area contributed by atoms with Crippen LogP contribution in [0.1, 0.15) is 62.1 Å². The molecular weight excluding hydrogens is 294 g/mol. The van der Waals surface area contributed by atoms with Crippen molar-refractivity contribution in [1.29, 1.82) is 5.26 Å². The van der Waals surface area contributed by atoms with E-state index in [0.717, 1.165) is 68.7 Å². The molecule has 1 saturated heterocycles. The van der Waals surface area contributed by atoms with Crippen molar-refractivity contribution in [2.24, 2.45) is 5.41 Å². The standard InChI is InChI=1S/C17H23N3OS/c1-2-14-11-22-15(19-14)13-6-5-9-20(10-13)16(21)17(12-18)7-3-4-8-17/h11,13H,2-10H2,1H3/t13-/m1/s1. The van der Waals surface area contributed by atoms with Crippen LogP contribution in [-0.2, 0) is 11.2 Å². The summed E-state index contributed by atoms with van der Waals surface area (Å²) in [5.74, 6) is 0.421. The maximum absolute atomic E-state index is 12.9. The molecule has 118 valence electrons. The van der Waals surface area contributed by atoms with E-state index >= 15 is 0 Å². The normalized spacial score (nSPS) is 24.2. The first-order valence-corrected chi connectivity index (χ1v) is 9.21. The number of carbonyl (C=O) groups excluding carboxylic acids is 1. The lowest BCUT2D eigenvalue weighted by atomic mass is 9.85. The molecule has 0 spiro atoms. The number of rotatable bonds is 3. The van der Waals surface area contributed by atoms with Gasteiger partial charge in [0.15, 0.2) is 0 Å². The molecule has 3 rings (SSSR count). The van der Waals surface area contributed by atoms with Crippen molar-refractivity contribution >= 4 is 17.2 Å². The molecule has 0 bridgehead atoms. The Hall–Kier alpha value is -1.41. The quantitative estimate of drug-likeness (QED) is 0.857. The van der Waals surface area contributed by atoms with E-state index in [1.165, 1.54) is 0 Å². The van der Waals surface area contributed by atoms with Crippen LogP contribution in [0, 0.1) is 16.7 Å². The zero-order chi connectivity index (χ0) is 15.6. The molecule has 0 aromatic carbocycles. The van der Waals surface area contributed by atoms with Crippen LogP contribution in [-0.4, -0.2) is 28.9 Å². The fraction of sp³-hybridized carbons (Fsp3) is 0.706. The fourth-order valence-electron chi connectivity index (χ4n) is 3.69. The summed E-state index contributed by atoms with van der Waals surface area (Å²) in [4.78, 5) is 19.5. The number of aryl methyl sites for hydroxylation is 1. The van der Waals surface area contributed by atoms with Crippen molar-refractivity contribution in [1.82, 2.24) is 9.88 Å². The second kappa shape index (κ2) is 6.37. The minimum absolute atomic E-state index is 0.0736. The lowest BCUT2D eigenvalue weighted by Gasteiger charge is -2.35. The van der Waals surface area contributed by atoms with E-state index < -0.39 is 5.41 Å². The van der Waals surface area contributed by atoms with E-state index in [1.54, 1.807) is 11.3 Å². The highest BCUT2D eigenvalue weighted by molar-refractivity contribution is 7.09. The van der Waals surface area contributed by atoms with Crippen molar-refractivity contribution in [2.75, 3.05) is 13.1 Å². The van der Waals surface area contributed by atoms with Crippen LogP contribution in [0.25, 0.3) is 0 Å². The van der Waals surface area contributed by atoms with E-state index in [1.807, 2.05) is 4.90 Å². The molecular formula is C17H23N3OS. The van der Waals surface area contributed by atoms with Gasteiger partial charge in [-0.25, -0.2) is 4.98 Å². The number of hydrogen-bond acceptors (Lipinski definition) is 4. The zero-order valence-electron chi connectivity index (χ0n) is 13.2. The average Bonchev–Trinajstić information content (AvgIpc) is 3.24. The third kappa shape index (κ3) is 2.77. The summed E-state index contributed by atoms with van der Waals surface area (Å²) >= 11 is 1.72. The SMILES string of the molecule is CCc1csc([C@@H]2CCCN(C(=O)C3(C#N)CCCC3)C2)n1. The van der Waals surface area contributed by atoms with Crippen molar-refractivity contribution < 1.29 is 4.79 Å². The summed E-state index contributed by atoms with van der Waals surface area (Å²) in [6.45, 7) is 3.65. The van der Waals surface area contributed by atoms with Crippen LogP contribution in [0.15, 0.2) is 5.38 Å². The molecule has 5 heteroatoms.